The van der Waals surface area contributed by atoms with Gasteiger partial charge in [0, 0.05) is 38.6 Å². The lowest BCUT2D eigenvalue weighted by atomic mass is 9.75. The number of ether oxygens (including phenoxy) is 1. The summed E-state index contributed by atoms with van der Waals surface area (Å²) in [5, 5.41) is 0. The highest BCUT2D eigenvalue weighted by atomic mass is 32.3. The summed E-state index contributed by atoms with van der Waals surface area (Å²) in [6.45, 7) is -2.72. The molecule has 1 aliphatic heterocycles. The van der Waals surface area contributed by atoms with E-state index in [-0.39, 0.29) is 30.2 Å². The van der Waals surface area contributed by atoms with Gasteiger partial charge in [0.15, 0.2) is 0 Å². The van der Waals surface area contributed by atoms with Crippen molar-refractivity contribution in [1.29, 1.82) is 0 Å². The molecule has 40 heavy (non-hydrogen) atoms. The molecule has 1 saturated heterocycles. The van der Waals surface area contributed by atoms with Crippen molar-refractivity contribution >= 4 is 29.0 Å². The highest BCUT2D eigenvalue weighted by molar-refractivity contribution is 7.81. The van der Waals surface area contributed by atoms with E-state index in [1.54, 1.807) is 4.90 Å². The molecular weight excluding hydrogens is 551 g/mol. The fourth-order valence-corrected chi connectivity index (χ4v) is 5.78. The Labute approximate surface area is 229 Å². The van der Waals surface area contributed by atoms with Crippen LogP contribution in [0.15, 0.2) is 60.7 Å². The Balaban J connectivity index is 1.22. The number of carbonyl (C=O) groups is 1. The molecule has 0 saturated carbocycles. The highest BCUT2D eigenvalue weighted by Crippen LogP contribution is 2.44. The lowest BCUT2D eigenvalue weighted by molar-refractivity contribution is 0.0728. The maximum atomic E-state index is 13.6. The highest BCUT2D eigenvalue weighted by Gasteiger charge is 2.32. The molecule has 0 atom stereocenters. The predicted octanol–water partition coefficient (Wildman–Crippen LogP) is 4.71. The Hall–Kier alpha value is -3.58. The molecule has 1 fully saturated rings. The second kappa shape index (κ2) is 10.8. The Kier molecular flexibility index (Phi) is 7.53. The number of piperazine rings is 1. The number of carbonyl (C=O) groups excluding carboxylic acids is 1. The largest absolute Gasteiger partial charge is 0.510 e. The fourth-order valence-electron chi connectivity index (χ4n) is 5.45. The monoisotopic (exact) mass is 577 g/mol. The first kappa shape index (κ1) is 28.0. The number of halogens is 4. The zero-order chi connectivity index (χ0) is 28.7. The van der Waals surface area contributed by atoms with Gasteiger partial charge in [0.2, 0.25) is 0 Å². The van der Waals surface area contributed by atoms with Gasteiger partial charge in [0.05, 0.1) is 0 Å². The number of benzene rings is 3. The summed E-state index contributed by atoms with van der Waals surface area (Å²) in [6.07, 6.45) is -0.469. The van der Waals surface area contributed by atoms with Crippen LogP contribution in [0.5, 0.6) is 5.75 Å². The van der Waals surface area contributed by atoms with Gasteiger partial charge in [0.25, 0.3) is 0 Å². The Bertz CT molecular complexity index is 1500. The fraction of sp³-hybridized carbons (Fsp3) is 0.296. The second-order valence-corrected chi connectivity index (χ2v) is 10.9. The van der Waals surface area contributed by atoms with Crippen molar-refractivity contribution in [1.82, 2.24) is 9.80 Å². The zero-order valence-corrected chi connectivity index (χ0v) is 22.3. The normalized spacial score (nSPS) is 16.0. The van der Waals surface area contributed by atoms with Crippen molar-refractivity contribution in [2.75, 3.05) is 32.8 Å². The van der Waals surface area contributed by atoms with Gasteiger partial charge in [-0.15, -0.1) is 5.46 Å². The maximum absolute atomic E-state index is 13.6. The van der Waals surface area contributed by atoms with E-state index in [0.29, 0.717) is 32.2 Å². The van der Waals surface area contributed by atoms with E-state index >= 15 is 0 Å². The molecule has 0 bridgehead atoms. The first-order valence-electron chi connectivity index (χ1n) is 12.7. The molecule has 13 heteroatoms. The topological polar surface area (TPSA) is 76.2 Å². The Morgan fingerprint density at radius 2 is 1.52 bits per heavy atom. The summed E-state index contributed by atoms with van der Waals surface area (Å²) in [5.41, 5.74) is 3.47. The summed E-state index contributed by atoms with van der Waals surface area (Å²) >= 11 is 0. The third kappa shape index (κ3) is 5.95. The van der Waals surface area contributed by atoms with Crippen LogP contribution in [0.1, 0.15) is 28.2 Å². The summed E-state index contributed by atoms with van der Waals surface area (Å²) in [6, 6.07) is 17.6. The minimum atomic E-state index is -5.50. The number of hydrogen-bond donors (Lipinski definition) is 0. The third-order valence-electron chi connectivity index (χ3n) is 7.44. The van der Waals surface area contributed by atoms with Crippen LogP contribution in [-0.2, 0) is 21.8 Å². The lowest BCUT2D eigenvalue weighted by Crippen LogP contribution is -2.48. The number of nitrogens with zero attached hydrogens (tertiary/aromatic N) is 2. The Morgan fingerprint density at radius 1 is 0.950 bits per heavy atom. The van der Waals surface area contributed by atoms with Gasteiger partial charge in [-0.25, -0.2) is 4.79 Å². The van der Waals surface area contributed by atoms with Crippen LogP contribution in [0.4, 0.5) is 21.6 Å². The van der Waals surface area contributed by atoms with E-state index in [4.69, 9.17) is 4.74 Å². The lowest BCUT2D eigenvalue weighted by Gasteiger charge is -2.35. The Morgan fingerprint density at radius 3 is 2.08 bits per heavy atom. The first-order valence-corrected chi connectivity index (χ1v) is 14.0. The molecule has 2 aliphatic rings. The molecule has 0 radical (unpaired) electrons. The zero-order valence-electron chi connectivity index (χ0n) is 21.5. The smallest absolute Gasteiger partial charge is 0.448 e. The van der Waals surface area contributed by atoms with E-state index in [0.717, 1.165) is 28.3 Å². The number of fused-ring (bicyclic) bond motifs is 3. The average Bonchev–Trinajstić information content (AvgIpc) is 3.21. The maximum Gasteiger partial charge on any atom is 0.510 e. The summed E-state index contributed by atoms with van der Waals surface area (Å²) in [4.78, 5) is 16.3. The second-order valence-electron chi connectivity index (χ2n) is 9.92. The van der Waals surface area contributed by atoms with E-state index in [2.05, 4.69) is 4.18 Å². The van der Waals surface area contributed by atoms with Crippen molar-refractivity contribution in [2.45, 2.75) is 19.4 Å². The van der Waals surface area contributed by atoms with Crippen LogP contribution in [0, 0.1) is 6.92 Å². The average molecular weight is 577 g/mol. The van der Waals surface area contributed by atoms with Crippen LogP contribution in [0.2, 0.25) is 0 Å². The number of hydrogen-bond acceptors (Lipinski definition) is 6. The quantitative estimate of drug-likeness (QED) is 0.230. The molecule has 0 N–H and O–H groups in total. The van der Waals surface area contributed by atoms with Crippen LogP contribution in [0.3, 0.4) is 0 Å². The van der Waals surface area contributed by atoms with Crippen molar-refractivity contribution in [3.8, 4) is 16.9 Å². The van der Waals surface area contributed by atoms with E-state index in [1.165, 1.54) is 6.92 Å². The minimum Gasteiger partial charge on any atom is -0.448 e. The molecule has 0 spiro atoms. The third-order valence-corrected chi connectivity index (χ3v) is 7.83. The van der Waals surface area contributed by atoms with Crippen LogP contribution < -0.4 is 9.65 Å². The summed E-state index contributed by atoms with van der Waals surface area (Å²) in [7, 11) is -5.50. The van der Waals surface area contributed by atoms with Crippen molar-refractivity contribution in [3.05, 3.63) is 82.9 Å². The molecule has 1 amide bonds. The van der Waals surface area contributed by atoms with Crippen LogP contribution in [0.25, 0.3) is 11.1 Å². The van der Waals surface area contributed by atoms with Crippen LogP contribution in [-0.4, -0.2) is 64.1 Å². The number of rotatable bonds is 7. The molecule has 212 valence electrons. The van der Waals surface area contributed by atoms with Crippen molar-refractivity contribution in [3.63, 3.8) is 0 Å². The van der Waals surface area contributed by atoms with Gasteiger partial charge >= 0.3 is 23.6 Å². The molecule has 0 aromatic heterocycles. The van der Waals surface area contributed by atoms with Gasteiger partial charge in [-0.05, 0) is 46.9 Å². The van der Waals surface area contributed by atoms with E-state index in [9.17, 15) is 30.0 Å². The molecule has 5 rings (SSSR count). The first-order chi connectivity index (χ1) is 18.9. The predicted molar refractivity (Wildman–Crippen MR) is 142 cm³/mol. The van der Waals surface area contributed by atoms with Gasteiger partial charge < -0.3 is 26.8 Å². The van der Waals surface area contributed by atoms with E-state index in [1.807, 2.05) is 53.4 Å². The minimum absolute atomic E-state index is 0.0348. The van der Waals surface area contributed by atoms with Gasteiger partial charge in [-0.3, -0.25) is 4.90 Å². The molecule has 0 unspecified atom stereocenters. The standard InChI is InChI=1S/C27H26BF4N2O5S/c1-18-19(14-20(39-40(32,36)37)15-26(18)28(29,30)31)16-33-10-12-34(13-11-33)27(35)38-17-25-23-8-4-2-6-21(23)22-7-3-5-9-24(22)25/h2-9,14-15,25H,10-13,16-17H2,1H3/q-1. The number of amides is 1. The van der Waals surface area contributed by atoms with E-state index < -0.39 is 34.8 Å². The van der Waals surface area contributed by atoms with Gasteiger partial charge in [-0.2, -0.15) is 8.42 Å². The van der Waals surface area contributed by atoms with Gasteiger partial charge in [-0.1, -0.05) is 58.0 Å². The molecule has 1 aliphatic carbocycles. The van der Waals surface area contributed by atoms with Crippen LogP contribution >= 0.6 is 0 Å². The molecule has 3 aromatic rings. The molecule has 1 heterocycles. The molecular formula is C27H26BF4N2O5S-. The SMILES string of the molecule is Cc1c(CN2CCN(C(=O)OCC3c4ccccc4-c4ccccc43)CC2)cc(OS(=O)(=O)F)cc1[B-](F)(F)F. The summed E-state index contributed by atoms with van der Waals surface area (Å²) in [5.74, 6) is -0.817. The molecule has 3 aromatic carbocycles. The molecule has 7 nitrogen and oxygen atoms in total. The van der Waals surface area contributed by atoms with Crippen molar-refractivity contribution in [2.24, 2.45) is 0 Å². The summed E-state index contributed by atoms with van der Waals surface area (Å²) < 4.78 is 85.4. The van der Waals surface area contributed by atoms with Crippen molar-refractivity contribution < 1.29 is 39.0 Å². The van der Waals surface area contributed by atoms with Gasteiger partial charge in [0.1, 0.15) is 12.4 Å².